The van der Waals surface area contributed by atoms with Gasteiger partial charge < -0.3 is 29.6 Å². The van der Waals surface area contributed by atoms with Gasteiger partial charge in [-0.25, -0.2) is 4.79 Å². The predicted molar refractivity (Wildman–Crippen MR) is 148 cm³/mol. The summed E-state index contributed by atoms with van der Waals surface area (Å²) < 4.78 is 23.6. The lowest BCUT2D eigenvalue weighted by atomic mass is 9.78. The molecule has 9 nitrogen and oxygen atoms in total. The van der Waals surface area contributed by atoms with Crippen molar-refractivity contribution in [3.05, 3.63) is 71.3 Å². The summed E-state index contributed by atoms with van der Waals surface area (Å²) in [6.07, 6.45) is 0. The van der Waals surface area contributed by atoms with Gasteiger partial charge in [-0.1, -0.05) is 29.8 Å². The van der Waals surface area contributed by atoms with E-state index >= 15 is 0 Å². The molecular weight excluding hydrogens is 498 g/mol. The number of anilines is 2. The molecule has 3 atom stereocenters. The largest absolute Gasteiger partial charge is 0.497 e. The van der Waals surface area contributed by atoms with Gasteiger partial charge in [0.15, 0.2) is 11.5 Å². The number of methoxy groups -OCH3 is 2. The number of nitrogens with zero attached hydrogens (tertiary/aromatic N) is 1. The van der Waals surface area contributed by atoms with E-state index in [1.54, 1.807) is 32.2 Å². The summed E-state index contributed by atoms with van der Waals surface area (Å²) in [7, 11) is 3.07. The fourth-order valence-corrected chi connectivity index (χ4v) is 5.54. The number of aryl methyl sites for hydroxylation is 2. The quantitative estimate of drug-likeness (QED) is 0.426. The Balaban J connectivity index is 1.67. The van der Waals surface area contributed by atoms with Crippen molar-refractivity contribution in [2.75, 3.05) is 31.0 Å². The lowest BCUT2D eigenvalue weighted by Crippen LogP contribution is -2.72. The second-order valence-electron chi connectivity index (χ2n) is 9.85. The summed E-state index contributed by atoms with van der Waals surface area (Å²) in [6, 6.07) is 15.4. The van der Waals surface area contributed by atoms with E-state index in [0.29, 0.717) is 46.5 Å². The third-order valence-corrected chi connectivity index (χ3v) is 7.34. The van der Waals surface area contributed by atoms with Crippen LogP contribution in [-0.4, -0.2) is 38.5 Å². The normalized spacial score (nSPS) is 21.3. The fourth-order valence-electron chi connectivity index (χ4n) is 5.54. The van der Waals surface area contributed by atoms with Gasteiger partial charge in [0.2, 0.25) is 11.6 Å². The first-order valence-electron chi connectivity index (χ1n) is 12.9. The lowest BCUT2D eigenvalue weighted by Gasteiger charge is -2.54. The van der Waals surface area contributed by atoms with Crippen molar-refractivity contribution in [3.63, 3.8) is 0 Å². The molecule has 2 N–H and O–H groups in total. The minimum atomic E-state index is -1.45. The zero-order valence-electron chi connectivity index (χ0n) is 23.0. The molecule has 204 valence electrons. The second kappa shape index (κ2) is 10.1. The Hall–Kier alpha value is -4.40. The van der Waals surface area contributed by atoms with Gasteiger partial charge in [-0.05, 0) is 57.5 Å². The molecule has 2 heterocycles. The van der Waals surface area contributed by atoms with Crippen molar-refractivity contribution in [3.8, 4) is 23.0 Å². The molecular formula is C30H33N3O6. The maximum atomic E-state index is 14.1. The zero-order chi connectivity index (χ0) is 27.9. The zero-order valence-corrected chi connectivity index (χ0v) is 23.0. The SMILES string of the molecule is CCOc1cccc2c1OC1(C)C(C(=O)Nc3ccc(C)cc3C)C2NC(=O)N1c1ccc(OC)cc1OC. The van der Waals surface area contributed by atoms with Crippen LogP contribution in [0.4, 0.5) is 16.2 Å². The molecule has 1 saturated heterocycles. The van der Waals surface area contributed by atoms with Gasteiger partial charge in [-0.3, -0.25) is 9.69 Å². The topological polar surface area (TPSA) is 98.4 Å². The highest BCUT2D eigenvalue weighted by Crippen LogP contribution is 2.53. The summed E-state index contributed by atoms with van der Waals surface area (Å²) in [5, 5.41) is 6.16. The number of hydrogen-bond acceptors (Lipinski definition) is 6. The lowest BCUT2D eigenvalue weighted by molar-refractivity contribution is -0.131. The maximum absolute atomic E-state index is 14.1. The van der Waals surface area contributed by atoms with Crippen LogP contribution in [0.5, 0.6) is 23.0 Å². The summed E-state index contributed by atoms with van der Waals surface area (Å²) in [4.78, 5) is 29.3. The van der Waals surface area contributed by atoms with Gasteiger partial charge in [0.05, 0.1) is 32.6 Å². The van der Waals surface area contributed by atoms with E-state index < -0.39 is 23.7 Å². The molecule has 2 aliphatic heterocycles. The van der Waals surface area contributed by atoms with E-state index in [0.717, 1.165) is 11.1 Å². The van der Waals surface area contributed by atoms with E-state index in [1.807, 2.05) is 57.2 Å². The third kappa shape index (κ3) is 4.37. The van der Waals surface area contributed by atoms with Gasteiger partial charge in [0.1, 0.15) is 17.4 Å². The van der Waals surface area contributed by atoms with Gasteiger partial charge in [0, 0.05) is 17.3 Å². The summed E-state index contributed by atoms with van der Waals surface area (Å²) in [6.45, 7) is 8.02. The van der Waals surface area contributed by atoms with E-state index in [1.165, 1.54) is 12.0 Å². The summed E-state index contributed by atoms with van der Waals surface area (Å²) >= 11 is 0. The Labute approximate surface area is 228 Å². The van der Waals surface area contributed by atoms with Crippen LogP contribution in [0.15, 0.2) is 54.6 Å². The highest BCUT2D eigenvalue weighted by molar-refractivity contribution is 6.02. The molecule has 1 fully saturated rings. The number of amides is 3. The van der Waals surface area contributed by atoms with Gasteiger partial charge in [-0.15, -0.1) is 0 Å². The number of fused-ring (bicyclic) bond motifs is 4. The molecule has 0 spiro atoms. The standard InChI is InChI=1S/C30H33N3O6/c1-7-38-23-10-8-9-20-26-25(28(34)31-21-13-11-17(2)15-18(21)3)30(4,39-27(20)23)33(29(35)32-26)22-14-12-19(36-5)16-24(22)37-6/h8-16,25-26H,7H2,1-6H3,(H,31,34)(H,32,35). The number of nitrogens with one attached hydrogen (secondary N) is 2. The van der Waals surface area contributed by atoms with E-state index in [-0.39, 0.29) is 5.91 Å². The first kappa shape index (κ1) is 26.2. The molecule has 3 aromatic carbocycles. The molecule has 2 aliphatic rings. The van der Waals surface area contributed by atoms with Crippen LogP contribution < -0.4 is 34.5 Å². The van der Waals surface area contributed by atoms with Gasteiger partial charge >= 0.3 is 6.03 Å². The number of carbonyl (C=O) groups excluding carboxylic acids is 2. The molecule has 39 heavy (non-hydrogen) atoms. The Morgan fingerprint density at radius 2 is 1.87 bits per heavy atom. The van der Waals surface area contributed by atoms with Crippen molar-refractivity contribution >= 4 is 23.3 Å². The van der Waals surface area contributed by atoms with Gasteiger partial charge in [0.25, 0.3) is 0 Å². The minimum Gasteiger partial charge on any atom is -0.497 e. The second-order valence-corrected chi connectivity index (χ2v) is 9.85. The van der Waals surface area contributed by atoms with Crippen LogP contribution in [0, 0.1) is 19.8 Å². The number of para-hydroxylation sites is 1. The maximum Gasteiger partial charge on any atom is 0.325 e. The van der Waals surface area contributed by atoms with Crippen LogP contribution in [0.2, 0.25) is 0 Å². The molecule has 0 aromatic heterocycles. The Morgan fingerprint density at radius 1 is 1.08 bits per heavy atom. The predicted octanol–water partition coefficient (Wildman–Crippen LogP) is 5.35. The van der Waals surface area contributed by atoms with Crippen molar-refractivity contribution < 1.29 is 28.5 Å². The molecule has 9 heteroatoms. The molecule has 3 unspecified atom stereocenters. The molecule has 0 saturated carbocycles. The van der Waals surface area contributed by atoms with Crippen molar-refractivity contribution in [2.45, 2.75) is 39.5 Å². The molecule has 0 radical (unpaired) electrons. The van der Waals surface area contributed by atoms with Crippen LogP contribution >= 0.6 is 0 Å². The van der Waals surface area contributed by atoms with Crippen LogP contribution in [-0.2, 0) is 4.79 Å². The number of ether oxygens (including phenoxy) is 4. The third-order valence-electron chi connectivity index (χ3n) is 7.34. The number of benzene rings is 3. The Morgan fingerprint density at radius 3 is 2.56 bits per heavy atom. The Kier molecular flexibility index (Phi) is 6.76. The number of rotatable bonds is 7. The minimum absolute atomic E-state index is 0.292. The molecule has 3 aromatic rings. The first-order valence-corrected chi connectivity index (χ1v) is 12.9. The average molecular weight is 532 g/mol. The van der Waals surface area contributed by atoms with E-state index in [9.17, 15) is 9.59 Å². The van der Waals surface area contributed by atoms with Crippen LogP contribution in [0.1, 0.15) is 36.6 Å². The number of urea groups is 1. The van der Waals surface area contributed by atoms with Crippen LogP contribution in [0.25, 0.3) is 0 Å². The number of hydrogen-bond donors (Lipinski definition) is 2. The molecule has 0 aliphatic carbocycles. The molecule has 2 bridgehead atoms. The van der Waals surface area contributed by atoms with Crippen molar-refractivity contribution in [1.29, 1.82) is 0 Å². The fraction of sp³-hybridized carbons (Fsp3) is 0.333. The molecule has 3 amide bonds. The summed E-state index contributed by atoms with van der Waals surface area (Å²) in [5.74, 6) is 0.850. The first-order chi connectivity index (χ1) is 18.7. The Bertz CT molecular complexity index is 1440. The van der Waals surface area contributed by atoms with E-state index in [4.69, 9.17) is 18.9 Å². The summed E-state index contributed by atoms with van der Waals surface area (Å²) in [5.41, 5.74) is 2.39. The van der Waals surface area contributed by atoms with Gasteiger partial charge in [-0.2, -0.15) is 0 Å². The molecule has 5 rings (SSSR count). The van der Waals surface area contributed by atoms with Crippen molar-refractivity contribution in [2.24, 2.45) is 5.92 Å². The average Bonchev–Trinajstić information content (AvgIpc) is 2.90. The van der Waals surface area contributed by atoms with Crippen molar-refractivity contribution in [1.82, 2.24) is 5.32 Å². The monoisotopic (exact) mass is 531 g/mol. The smallest absolute Gasteiger partial charge is 0.325 e. The highest BCUT2D eigenvalue weighted by atomic mass is 16.6. The number of carbonyl (C=O) groups is 2. The van der Waals surface area contributed by atoms with E-state index in [2.05, 4.69) is 10.6 Å². The highest BCUT2D eigenvalue weighted by Gasteiger charge is 2.61. The van der Waals surface area contributed by atoms with Crippen LogP contribution in [0.3, 0.4) is 0 Å².